The van der Waals surface area contributed by atoms with Gasteiger partial charge in [-0.05, 0) is 11.1 Å². The topological polar surface area (TPSA) is 77.4 Å². The molecule has 3 rings (SSSR count). The number of aliphatic hydroxyl groups excluding tert-OH is 2. The molecule has 0 radical (unpaired) electrons. The highest BCUT2D eigenvalue weighted by Gasteiger charge is 2.45. The highest BCUT2D eigenvalue weighted by atomic mass is 16.7. The maximum atomic E-state index is 10.3. The second kappa shape index (κ2) is 9.94. The molecule has 0 unspecified atom stereocenters. The Balaban J connectivity index is 1.60. The molecule has 1 fully saturated rings. The van der Waals surface area contributed by atoms with Gasteiger partial charge >= 0.3 is 0 Å². The number of aliphatic hydroxyl groups is 2. The molecule has 0 aliphatic carbocycles. The second-order valence-corrected chi connectivity index (χ2v) is 6.52. The minimum atomic E-state index is -1.36. The fourth-order valence-corrected chi connectivity index (χ4v) is 3.15. The first-order chi connectivity index (χ1) is 13.2. The summed E-state index contributed by atoms with van der Waals surface area (Å²) in [5.41, 5.74) is 2.01. The zero-order valence-electron chi connectivity index (χ0n) is 15.3. The fraction of sp³-hybridized carbons (Fsp3) is 0.429. The van der Waals surface area contributed by atoms with E-state index in [9.17, 15) is 10.2 Å². The van der Waals surface area contributed by atoms with Crippen LogP contribution in [-0.4, -0.2) is 54.6 Å². The van der Waals surface area contributed by atoms with Crippen molar-refractivity contribution < 1.29 is 29.2 Å². The smallest absolute Gasteiger partial charge is 0.184 e. The second-order valence-electron chi connectivity index (χ2n) is 6.52. The van der Waals surface area contributed by atoms with Crippen LogP contribution in [0.2, 0.25) is 0 Å². The van der Waals surface area contributed by atoms with Gasteiger partial charge < -0.3 is 29.2 Å². The molecule has 1 saturated heterocycles. The lowest BCUT2D eigenvalue weighted by Gasteiger charge is -2.42. The summed E-state index contributed by atoms with van der Waals surface area (Å²) in [6.07, 6.45) is -4.42. The minimum absolute atomic E-state index is 0.211. The number of benzene rings is 2. The molecular weight excluding hydrogens is 348 g/mol. The van der Waals surface area contributed by atoms with Crippen molar-refractivity contribution in [1.29, 1.82) is 0 Å². The number of methoxy groups -OCH3 is 1. The van der Waals surface area contributed by atoms with Crippen LogP contribution in [0.15, 0.2) is 60.7 Å². The molecule has 0 amide bonds. The number of ether oxygens (including phenoxy) is 4. The molecule has 6 nitrogen and oxygen atoms in total. The molecule has 5 atom stereocenters. The molecule has 2 N–H and O–H groups in total. The molecule has 27 heavy (non-hydrogen) atoms. The van der Waals surface area contributed by atoms with Gasteiger partial charge in [0, 0.05) is 7.11 Å². The zero-order chi connectivity index (χ0) is 19.1. The Morgan fingerprint density at radius 3 is 2.04 bits per heavy atom. The van der Waals surface area contributed by atoms with Crippen LogP contribution in [0.5, 0.6) is 0 Å². The van der Waals surface area contributed by atoms with Crippen molar-refractivity contribution in [2.75, 3.05) is 13.7 Å². The maximum Gasteiger partial charge on any atom is 0.184 e. The van der Waals surface area contributed by atoms with Gasteiger partial charge in [0.2, 0.25) is 0 Å². The van der Waals surface area contributed by atoms with Gasteiger partial charge in [0.1, 0.15) is 24.4 Å². The predicted molar refractivity (Wildman–Crippen MR) is 98.8 cm³/mol. The van der Waals surface area contributed by atoms with Crippen molar-refractivity contribution in [2.45, 2.75) is 43.9 Å². The van der Waals surface area contributed by atoms with E-state index in [1.165, 1.54) is 7.11 Å². The fourth-order valence-electron chi connectivity index (χ4n) is 3.15. The Hall–Kier alpha value is -1.80. The summed E-state index contributed by atoms with van der Waals surface area (Å²) < 4.78 is 22.6. The van der Waals surface area contributed by atoms with E-state index < -0.39 is 30.7 Å². The molecule has 0 bridgehead atoms. The number of hydrogen-bond acceptors (Lipinski definition) is 6. The van der Waals surface area contributed by atoms with Gasteiger partial charge in [-0.15, -0.1) is 0 Å². The molecule has 1 heterocycles. The van der Waals surface area contributed by atoms with Gasteiger partial charge in [-0.25, -0.2) is 0 Å². The summed E-state index contributed by atoms with van der Waals surface area (Å²) in [6, 6.07) is 19.4. The maximum absolute atomic E-state index is 10.3. The lowest BCUT2D eigenvalue weighted by atomic mass is 9.98. The summed E-state index contributed by atoms with van der Waals surface area (Å²) in [5, 5.41) is 20.4. The Labute approximate surface area is 159 Å². The Morgan fingerprint density at radius 2 is 1.44 bits per heavy atom. The summed E-state index contributed by atoms with van der Waals surface area (Å²) in [7, 11) is 1.53. The van der Waals surface area contributed by atoms with Gasteiger partial charge in [-0.3, -0.25) is 0 Å². The lowest BCUT2D eigenvalue weighted by molar-refractivity contribution is -0.302. The number of rotatable bonds is 8. The van der Waals surface area contributed by atoms with Crippen molar-refractivity contribution in [1.82, 2.24) is 0 Å². The summed E-state index contributed by atoms with van der Waals surface area (Å²) in [6.45, 7) is 0.931. The van der Waals surface area contributed by atoms with E-state index in [-0.39, 0.29) is 6.61 Å². The van der Waals surface area contributed by atoms with Crippen molar-refractivity contribution >= 4 is 0 Å². The molecule has 1 aliphatic rings. The normalized spacial score (nSPS) is 28.2. The van der Waals surface area contributed by atoms with Crippen molar-refractivity contribution in [3.05, 3.63) is 71.8 Å². The van der Waals surface area contributed by atoms with Gasteiger partial charge in [0.15, 0.2) is 6.29 Å². The Kier molecular flexibility index (Phi) is 7.34. The quantitative estimate of drug-likeness (QED) is 0.735. The van der Waals surface area contributed by atoms with E-state index in [1.54, 1.807) is 0 Å². The SMILES string of the molecule is CO[C@H]1[C@H](OCc2ccccc2)[C@H](O)[C@H](O)O[C@@H]1COCc1ccccc1. The highest BCUT2D eigenvalue weighted by molar-refractivity contribution is 5.14. The third kappa shape index (κ3) is 5.35. The van der Waals surface area contributed by atoms with Crippen LogP contribution in [0, 0.1) is 0 Å². The van der Waals surface area contributed by atoms with Crippen LogP contribution in [0.4, 0.5) is 0 Å². The molecule has 2 aromatic carbocycles. The predicted octanol–water partition coefficient (Wildman–Crippen LogP) is 1.88. The molecule has 2 aromatic rings. The van der Waals surface area contributed by atoms with E-state index in [2.05, 4.69) is 0 Å². The summed E-state index contributed by atoms with van der Waals surface area (Å²) in [4.78, 5) is 0. The Bertz CT molecular complexity index is 665. The lowest BCUT2D eigenvalue weighted by Crippen LogP contribution is -2.60. The van der Waals surface area contributed by atoms with E-state index in [4.69, 9.17) is 18.9 Å². The third-order valence-corrected chi connectivity index (χ3v) is 4.58. The van der Waals surface area contributed by atoms with Crippen molar-refractivity contribution in [2.24, 2.45) is 0 Å². The van der Waals surface area contributed by atoms with Gasteiger partial charge in [0.05, 0.1) is 19.8 Å². The molecule has 6 heteroatoms. The molecule has 0 spiro atoms. The largest absolute Gasteiger partial charge is 0.385 e. The van der Waals surface area contributed by atoms with Crippen molar-refractivity contribution in [3.63, 3.8) is 0 Å². The van der Waals surface area contributed by atoms with Gasteiger partial charge in [-0.1, -0.05) is 60.7 Å². The monoisotopic (exact) mass is 374 g/mol. The van der Waals surface area contributed by atoms with Crippen LogP contribution >= 0.6 is 0 Å². The van der Waals surface area contributed by atoms with E-state index in [0.717, 1.165) is 11.1 Å². The van der Waals surface area contributed by atoms with Crippen LogP contribution in [-0.2, 0) is 32.2 Å². The standard InChI is InChI=1S/C21H26O6/c1-24-19-17(14-25-12-15-8-4-2-5-9-15)27-21(23)18(22)20(19)26-13-16-10-6-3-7-11-16/h2-11,17-23H,12-14H2,1H3/t17-,18+,19-,20-,21-/m1/s1. The van der Waals surface area contributed by atoms with Crippen LogP contribution in [0.25, 0.3) is 0 Å². The molecule has 0 saturated carbocycles. The number of hydrogen-bond donors (Lipinski definition) is 2. The molecule has 0 aromatic heterocycles. The average molecular weight is 374 g/mol. The first-order valence-corrected chi connectivity index (χ1v) is 9.00. The van der Waals surface area contributed by atoms with E-state index in [0.29, 0.717) is 13.2 Å². The summed E-state index contributed by atoms with van der Waals surface area (Å²) in [5.74, 6) is 0. The first-order valence-electron chi connectivity index (χ1n) is 9.00. The first kappa shape index (κ1) is 19.9. The van der Waals surface area contributed by atoms with E-state index in [1.807, 2.05) is 60.7 Å². The zero-order valence-corrected chi connectivity index (χ0v) is 15.3. The molecule has 1 aliphatic heterocycles. The van der Waals surface area contributed by atoms with Gasteiger partial charge in [0.25, 0.3) is 0 Å². The van der Waals surface area contributed by atoms with Crippen LogP contribution < -0.4 is 0 Å². The highest BCUT2D eigenvalue weighted by Crippen LogP contribution is 2.26. The van der Waals surface area contributed by atoms with E-state index >= 15 is 0 Å². The molecule has 146 valence electrons. The van der Waals surface area contributed by atoms with Gasteiger partial charge in [-0.2, -0.15) is 0 Å². The Morgan fingerprint density at radius 1 is 0.852 bits per heavy atom. The third-order valence-electron chi connectivity index (χ3n) is 4.58. The summed E-state index contributed by atoms with van der Waals surface area (Å²) >= 11 is 0. The van der Waals surface area contributed by atoms with Crippen LogP contribution in [0.3, 0.4) is 0 Å². The molecular formula is C21H26O6. The van der Waals surface area contributed by atoms with Crippen molar-refractivity contribution in [3.8, 4) is 0 Å². The minimum Gasteiger partial charge on any atom is -0.385 e. The average Bonchev–Trinajstić information content (AvgIpc) is 2.71. The van der Waals surface area contributed by atoms with Crippen LogP contribution in [0.1, 0.15) is 11.1 Å².